The van der Waals surface area contributed by atoms with Crippen LogP contribution in [0.2, 0.25) is 0 Å². The summed E-state index contributed by atoms with van der Waals surface area (Å²) in [6.45, 7) is 4.71. The molecule has 0 unspecified atom stereocenters. The van der Waals surface area contributed by atoms with E-state index in [1.54, 1.807) is 0 Å². The molecule has 0 amide bonds. The number of fused-ring (bicyclic) bond motifs is 12. The van der Waals surface area contributed by atoms with Gasteiger partial charge in [0.15, 0.2) is 0 Å². The van der Waals surface area contributed by atoms with Crippen molar-refractivity contribution < 1.29 is 8.83 Å². The fourth-order valence-electron chi connectivity index (χ4n) is 10.4. The van der Waals surface area contributed by atoms with Crippen LogP contribution in [0.25, 0.3) is 121 Å². The minimum atomic E-state index is -0.0678. The Morgan fingerprint density at radius 1 is 0.322 bits per heavy atom. The van der Waals surface area contributed by atoms with Crippen molar-refractivity contribution in [2.75, 3.05) is 0 Å². The Hall–Kier alpha value is -7.42. The Kier molecular flexibility index (Phi) is 6.54. The summed E-state index contributed by atoms with van der Waals surface area (Å²) in [5.41, 5.74) is 16.0. The molecular formula is C57H36O2. The third-order valence-electron chi connectivity index (χ3n) is 13.2. The zero-order valence-corrected chi connectivity index (χ0v) is 32.6. The van der Waals surface area contributed by atoms with Crippen molar-refractivity contribution in [1.29, 1.82) is 0 Å². The molecule has 2 heterocycles. The number of hydrogen-bond donors (Lipinski definition) is 0. The Labute approximate surface area is 340 Å². The van der Waals surface area contributed by atoms with Gasteiger partial charge in [-0.05, 0) is 125 Å². The maximum Gasteiger partial charge on any atom is 0.143 e. The highest BCUT2D eigenvalue weighted by atomic mass is 16.3. The van der Waals surface area contributed by atoms with Gasteiger partial charge in [-0.15, -0.1) is 0 Å². The third-order valence-corrected chi connectivity index (χ3v) is 13.2. The number of rotatable bonds is 3. The van der Waals surface area contributed by atoms with Gasteiger partial charge in [-0.25, -0.2) is 0 Å². The van der Waals surface area contributed by atoms with Crippen molar-refractivity contribution in [2.24, 2.45) is 0 Å². The van der Waals surface area contributed by atoms with E-state index in [1.165, 1.54) is 76.8 Å². The Balaban J connectivity index is 0.992. The Morgan fingerprint density at radius 2 is 0.847 bits per heavy atom. The van der Waals surface area contributed by atoms with Crippen LogP contribution in [-0.4, -0.2) is 0 Å². The summed E-state index contributed by atoms with van der Waals surface area (Å²) in [5.74, 6) is 0. The fraction of sp³-hybridized carbons (Fsp3) is 0.0526. The second-order valence-electron chi connectivity index (χ2n) is 16.8. The molecule has 2 aromatic heterocycles. The van der Waals surface area contributed by atoms with Crippen LogP contribution < -0.4 is 0 Å². The molecule has 59 heavy (non-hydrogen) atoms. The first-order valence-electron chi connectivity index (χ1n) is 20.5. The average Bonchev–Trinajstić information content (AvgIpc) is 3.91. The topological polar surface area (TPSA) is 26.3 Å². The lowest BCUT2D eigenvalue weighted by atomic mass is 9.81. The van der Waals surface area contributed by atoms with Crippen LogP contribution in [0.3, 0.4) is 0 Å². The lowest BCUT2D eigenvalue weighted by Gasteiger charge is -2.22. The molecule has 0 saturated heterocycles. The van der Waals surface area contributed by atoms with E-state index < -0.39 is 0 Å². The van der Waals surface area contributed by atoms with Crippen molar-refractivity contribution in [2.45, 2.75) is 19.3 Å². The molecule has 0 radical (unpaired) electrons. The predicted molar refractivity (Wildman–Crippen MR) is 247 cm³/mol. The molecule has 0 aliphatic heterocycles. The van der Waals surface area contributed by atoms with Gasteiger partial charge >= 0.3 is 0 Å². The van der Waals surface area contributed by atoms with Gasteiger partial charge in [-0.3, -0.25) is 0 Å². The molecule has 0 spiro atoms. The summed E-state index contributed by atoms with van der Waals surface area (Å²) in [7, 11) is 0. The molecule has 0 bridgehead atoms. The number of furan rings is 2. The van der Waals surface area contributed by atoms with Crippen LogP contribution >= 0.6 is 0 Å². The SMILES string of the molecule is CC1(C)c2ccc(-c3ccc4oc5ccc(-c6c7ccccc7c(-c7cccc8c7oc7ccccc78)c7ccccc67)cc5c4c3)cc2-c2cc3ccccc3cc21. The molecule has 2 heteroatoms. The van der Waals surface area contributed by atoms with Gasteiger partial charge in [0.05, 0.1) is 0 Å². The molecule has 0 atom stereocenters. The monoisotopic (exact) mass is 752 g/mol. The maximum atomic E-state index is 6.62. The van der Waals surface area contributed by atoms with Crippen LogP contribution in [0.4, 0.5) is 0 Å². The number of hydrogen-bond acceptors (Lipinski definition) is 2. The molecule has 12 aromatic rings. The highest BCUT2D eigenvalue weighted by molar-refractivity contribution is 6.25. The molecule has 2 nitrogen and oxygen atoms in total. The summed E-state index contributed by atoms with van der Waals surface area (Å²) in [5, 5.41) is 11.9. The summed E-state index contributed by atoms with van der Waals surface area (Å²) in [6, 6.07) is 66.5. The van der Waals surface area contributed by atoms with Crippen molar-refractivity contribution in [3.63, 3.8) is 0 Å². The predicted octanol–water partition coefficient (Wildman–Crippen LogP) is 16.3. The van der Waals surface area contributed by atoms with E-state index in [2.05, 4.69) is 190 Å². The van der Waals surface area contributed by atoms with Crippen LogP contribution in [0.5, 0.6) is 0 Å². The molecule has 13 rings (SSSR count). The van der Waals surface area contributed by atoms with Crippen LogP contribution in [-0.2, 0) is 5.41 Å². The maximum absolute atomic E-state index is 6.62. The Morgan fingerprint density at radius 3 is 1.58 bits per heavy atom. The quantitative estimate of drug-likeness (QED) is 0.168. The normalized spacial score (nSPS) is 13.4. The Bertz CT molecular complexity index is 3700. The molecule has 0 saturated carbocycles. The third kappa shape index (κ3) is 4.57. The van der Waals surface area contributed by atoms with E-state index in [0.717, 1.165) is 55.0 Å². The first kappa shape index (κ1) is 32.6. The van der Waals surface area contributed by atoms with E-state index in [1.807, 2.05) is 6.07 Å². The first-order valence-corrected chi connectivity index (χ1v) is 20.5. The van der Waals surface area contributed by atoms with E-state index in [0.29, 0.717) is 0 Å². The average molecular weight is 753 g/mol. The molecule has 1 aliphatic rings. The summed E-state index contributed by atoms with van der Waals surface area (Å²) in [6.07, 6.45) is 0. The number of para-hydroxylation sites is 2. The summed E-state index contributed by atoms with van der Waals surface area (Å²) < 4.78 is 13.2. The zero-order valence-electron chi connectivity index (χ0n) is 32.6. The van der Waals surface area contributed by atoms with Gasteiger partial charge in [-0.2, -0.15) is 0 Å². The van der Waals surface area contributed by atoms with Crippen molar-refractivity contribution in [3.8, 4) is 44.5 Å². The van der Waals surface area contributed by atoms with Gasteiger partial charge in [-0.1, -0.05) is 147 Å². The lowest BCUT2D eigenvalue weighted by molar-refractivity contribution is 0.661. The van der Waals surface area contributed by atoms with Gasteiger partial charge < -0.3 is 8.83 Å². The molecule has 10 aromatic carbocycles. The van der Waals surface area contributed by atoms with Crippen LogP contribution in [0.15, 0.2) is 191 Å². The lowest BCUT2D eigenvalue weighted by Crippen LogP contribution is -2.14. The van der Waals surface area contributed by atoms with Crippen LogP contribution in [0, 0.1) is 0 Å². The van der Waals surface area contributed by atoms with E-state index in [-0.39, 0.29) is 5.41 Å². The van der Waals surface area contributed by atoms with Gasteiger partial charge in [0.1, 0.15) is 22.3 Å². The molecule has 276 valence electrons. The highest BCUT2D eigenvalue weighted by Crippen LogP contribution is 2.52. The van der Waals surface area contributed by atoms with E-state index in [4.69, 9.17) is 8.83 Å². The summed E-state index contributed by atoms with van der Waals surface area (Å²) >= 11 is 0. The second kappa shape index (κ2) is 11.8. The fourth-order valence-corrected chi connectivity index (χ4v) is 10.4. The zero-order chi connectivity index (χ0) is 39.0. The van der Waals surface area contributed by atoms with Gasteiger partial charge in [0, 0.05) is 38.1 Å². The van der Waals surface area contributed by atoms with Crippen molar-refractivity contribution >= 4 is 76.2 Å². The number of benzene rings is 10. The second-order valence-corrected chi connectivity index (χ2v) is 16.8. The standard InChI is InChI=1S/C57H36O2/c1-57(2)49-25-22-35(29-45(49)46-28-33-12-3-4-13-34(33)32-50(46)57)36-23-26-52-47(30-36)48-31-37(24-27-53(48)58-52)54-39-15-5-7-17-41(39)55(42-18-8-6-16-40(42)54)44-20-11-19-43-38-14-9-10-21-51(38)59-56(43)44/h3-32H,1-2H3. The van der Waals surface area contributed by atoms with Crippen LogP contribution in [0.1, 0.15) is 25.0 Å². The van der Waals surface area contributed by atoms with Crippen molar-refractivity contribution in [1.82, 2.24) is 0 Å². The van der Waals surface area contributed by atoms with E-state index in [9.17, 15) is 0 Å². The largest absolute Gasteiger partial charge is 0.456 e. The van der Waals surface area contributed by atoms with Gasteiger partial charge in [0.2, 0.25) is 0 Å². The van der Waals surface area contributed by atoms with Crippen molar-refractivity contribution in [3.05, 3.63) is 193 Å². The summed E-state index contributed by atoms with van der Waals surface area (Å²) in [4.78, 5) is 0. The minimum Gasteiger partial charge on any atom is -0.456 e. The van der Waals surface area contributed by atoms with E-state index >= 15 is 0 Å². The smallest absolute Gasteiger partial charge is 0.143 e. The molecule has 1 aliphatic carbocycles. The highest BCUT2D eigenvalue weighted by Gasteiger charge is 2.36. The van der Waals surface area contributed by atoms with Gasteiger partial charge in [0.25, 0.3) is 0 Å². The first-order chi connectivity index (χ1) is 29.0. The molecular weight excluding hydrogens is 717 g/mol. The molecule has 0 fully saturated rings. The molecule has 0 N–H and O–H groups in total. The minimum absolute atomic E-state index is 0.0678.